The molecule has 1 aromatic rings. The van der Waals surface area contributed by atoms with Crippen molar-refractivity contribution >= 4 is 5.91 Å². The van der Waals surface area contributed by atoms with Crippen LogP contribution in [0.3, 0.4) is 0 Å². The minimum atomic E-state index is -0.284. The Labute approximate surface area is 113 Å². The van der Waals surface area contributed by atoms with Crippen LogP contribution in [0.5, 0.6) is 11.5 Å². The number of carbonyl (C=O) groups is 1. The van der Waals surface area contributed by atoms with Gasteiger partial charge >= 0.3 is 0 Å². The van der Waals surface area contributed by atoms with E-state index in [9.17, 15) is 4.79 Å². The summed E-state index contributed by atoms with van der Waals surface area (Å²) in [6.45, 7) is 3.03. The van der Waals surface area contributed by atoms with Crippen LogP contribution >= 0.6 is 0 Å². The van der Waals surface area contributed by atoms with E-state index in [0.29, 0.717) is 24.7 Å². The van der Waals surface area contributed by atoms with Gasteiger partial charge in [-0.05, 0) is 24.1 Å². The zero-order valence-corrected chi connectivity index (χ0v) is 11.2. The zero-order valence-electron chi connectivity index (χ0n) is 11.2. The molecule has 1 rings (SSSR count). The molecule has 0 radical (unpaired) electrons. The summed E-state index contributed by atoms with van der Waals surface area (Å²) in [6.07, 6.45) is 0.796. The Morgan fingerprint density at radius 2 is 2.21 bits per heavy atom. The number of nitrogens with one attached hydrogen (secondary N) is 1. The molecule has 0 heterocycles. The van der Waals surface area contributed by atoms with Gasteiger partial charge in [0.1, 0.15) is 6.42 Å². The molecule has 0 aromatic heterocycles. The van der Waals surface area contributed by atoms with Crippen LogP contribution in [-0.2, 0) is 11.3 Å². The van der Waals surface area contributed by atoms with Crippen LogP contribution in [0, 0.1) is 11.3 Å². The molecule has 0 saturated carbocycles. The van der Waals surface area contributed by atoms with Crippen molar-refractivity contribution in [3.8, 4) is 17.6 Å². The van der Waals surface area contributed by atoms with Gasteiger partial charge in [0.15, 0.2) is 11.5 Å². The number of carbonyl (C=O) groups excluding carboxylic acids is 1. The van der Waals surface area contributed by atoms with Gasteiger partial charge in [0.2, 0.25) is 5.91 Å². The fourth-order valence-corrected chi connectivity index (χ4v) is 1.49. The summed E-state index contributed by atoms with van der Waals surface area (Å²) in [6, 6.07) is 7.30. The van der Waals surface area contributed by atoms with Crippen molar-refractivity contribution in [1.82, 2.24) is 5.32 Å². The quantitative estimate of drug-likeness (QED) is 0.816. The van der Waals surface area contributed by atoms with E-state index in [1.165, 1.54) is 0 Å². The molecule has 0 bridgehead atoms. The van der Waals surface area contributed by atoms with Crippen LogP contribution in [0.1, 0.15) is 25.3 Å². The lowest BCUT2D eigenvalue weighted by Crippen LogP contribution is -2.21. The first-order chi connectivity index (χ1) is 9.21. The van der Waals surface area contributed by atoms with Crippen molar-refractivity contribution in [3.05, 3.63) is 23.8 Å². The van der Waals surface area contributed by atoms with Crippen LogP contribution in [0.4, 0.5) is 0 Å². The molecule has 0 saturated heterocycles. The molecule has 1 aromatic carbocycles. The van der Waals surface area contributed by atoms with Gasteiger partial charge in [-0.1, -0.05) is 13.0 Å². The van der Waals surface area contributed by atoms with E-state index in [0.717, 1.165) is 12.0 Å². The van der Waals surface area contributed by atoms with Gasteiger partial charge < -0.3 is 14.8 Å². The maximum Gasteiger partial charge on any atom is 0.234 e. The van der Waals surface area contributed by atoms with Crippen molar-refractivity contribution in [1.29, 1.82) is 5.26 Å². The molecule has 1 amide bonds. The SMILES string of the molecule is CCCOc1ccc(CNC(=O)CC#N)cc1OC. The number of amides is 1. The van der Waals surface area contributed by atoms with Gasteiger partial charge in [-0.2, -0.15) is 5.26 Å². The van der Waals surface area contributed by atoms with Crippen molar-refractivity contribution in [3.63, 3.8) is 0 Å². The Kier molecular flexibility index (Phi) is 6.23. The summed E-state index contributed by atoms with van der Waals surface area (Å²) >= 11 is 0. The summed E-state index contributed by atoms with van der Waals surface area (Å²) < 4.78 is 10.8. The van der Waals surface area contributed by atoms with E-state index in [-0.39, 0.29) is 12.3 Å². The van der Waals surface area contributed by atoms with Crippen LogP contribution in [-0.4, -0.2) is 19.6 Å². The molecular weight excluding hydrogens is 244 g/mol. The van der Waals surface area contributed by atoms with Gasteiger partial charge in [-0.3, -0.25) is 4.79 Å². The summed E-state index contributed by atoms with van der Waals surface area (Å²) in [5.74, 6) is 1.05. The fourth-order valence-electron chi connectivity index (χ4n) is 1.49. The summed E-state index contributed by atoms with van der Waals surface area (Å²) in [5, 5.41) is 11.0. The van der Waals surface area contributed by atoms with Crippen LogP contribution < -0.4 is 14.8 Å². The number of benzene rings is 1. The Hall–Kier alpha value is -2.22. The molecule has 0 aliphatic carbocycles. The third kappa shape index (κ3) is 4.88. The molecular formula is C14H18N2O3. The number of hydrogen-bond acceptors (Lipinski definition) is 4. The highest BCUT2D eigenvalue weighted by molar-refractivity contribution is 5.77. The Morgan fingerprint density at radius 1 is 1.42 bits per heavy atom. The Morgan fingerprint density at radius 3 is 2.84 bits per heavy atom. The average molecular weight is 262 g/mol. The van der Waals surface area contributed by atoms with E-state index in [4.69, 9.17) is 14.7 Å². The predicted molar refractivity (Wildman–Crippen MR) is 70.9 cm³/mol. The predicted octanol–water partition coefficient (Wildman–Crippen LogP) is 2.01. The minimum Gasteiger partial charge on any atom is -0.493 e. The Bertz CT molecular complexity index is 466. The largest absolute Gasteiger partial charge is 0.493 e. The highest BCUT2D eigenvalue weighted by Gasteiger charge is 2.06. The minimum absolute atomic E-state index is 0.130. The molecule has 0 unspecified atom stereocenters. The number of nitrogens with zero attached hydrogens (tertiary/aromatic N) is 1. The van der Waals surface area contributed by atoms with Gasteiger partial charge in [-0.15, -0.1) is 0 Å². The van der Waals surface area contributed by atoms with Gasteiger partial charge in [-0.25, -0.2) is 0 Å². The maximum absolute atomic E-state index is 11.2. The van der Waals surface area contributed by atoms with Gasteiger partial charge in [0.25, 0.3) is 0 Å². The maximum atomic E-state index is 11.2. The monoisotopic (exact) mass is 262 g/mol. The van der Waals surface area contributed by atoms with E-state index >= 15 is 0 Å². The lowest BCUT2D eigenvalue weighted by Gasteiger charge is -2.11. The van der Waals surface area contributed by atoms with Gasteiger partial charge in [0, 0.05) is 6.54 Å². The van der Waals surface area contributed by atoms with Crippen LogP contribution in [0.25, 0.3) is 0 Å². The van der Waals surface area contributed by atoms with Crippen molar-refractivity contribution in [2.45, 2.75) is 26.3 Å². The smallest absolute Gasteiger partial charge is 0.234 e. The summed E-state index contributed by atoms with van der Waals surface area (Å²) in [7, 11) is 1.58. The molecule has 19 heavy (non-hydrogen) atoms. The van der Waals surface area contributed by atoms with Crippen LogP contribution in [0.2, 0.25) is 0 Å². The van der Waals surface area contributed by atoms with Crippen molar-refractivity contribution in [2.75, 3.05) is 13.7 Å². The van der Waals surface area contributed by atoms with E-state index in [1.54, 1.807) is 13.2 Å². The molecule has 102 valence electrons. The second-order valence-corrected chi connectivity index (χ2v) is 3.95. The third-order valence-corrected chi connectivity index (χ3v) is 2.42. The zero-order chi connectivity index (χ0) is 14.1. The lowest BCUT2D eigenvalue weighted by atomic mass is 10.2. The molecule has 0 spiro atoms. The lowest BCUT2D eigenvalue weighted by molar-refractivity contribution is -0.120. The highest BCUT2D eigenvalue weighted by atomic mass is 16.5. The first-order valence-electron chi connectivity index (χ1n) is 6.14. The molecule has 0 aliphatic rings. The standard InChI is InChI=1S/C14H18N2O3/c1-3-8-19-12-5-4-11(9-13(12)18-2)10-16-14(17)6-7-15/h4-5,9H,3,6,8,10H2,1-2H3,(H,16,17). The first kappa shape index (κ1) is 14.8. The summed E-state index contributed by atoms with van der Waals surface area (Å²) in [4.78, 5) is 11.2. The normalized spacial score (nSPS) is 9.53. The average Bonchev–Trinajstić information content (AvgIpc) is 2.43. The van der Waals surface area contributed by atoms with Crippen molar-refractivity contribution < 1.29 is 14.3 Å². The molecule has 0 atom stereocenters. The fraction of sp³-hybridized carbons (Fsp3) is 0.429. The molecule has 1 N–H and O–H groups in total. The highest BCUT2D eigenvalue weighted by Crippen LogP contribution is 2.28. The third-order valence-electron chi connectivity index (χ3n) is 2.42. The van der Waals surface area contributed by atoms with Crippen LogP contribution in [0.15, 0.2) is 18.2 Å². The number of methoxy groups -OCH3 is 1. The summed E-state index contributed by atoms with van der Waals surface area (Å²) in [5.41, 5.74) is 0.895. The van der Waals surface area contributed by atoms with Crippen molar-refractivity contribution in [2.24, 2.45) is 0 Å². The van der Waals surface area contributed by atoms with E-state index in [2.05, 4.69) is 5.32 Å². The molecule has 5 nitrogen and oxygen atoms in total. The molecule has 0 fully saturated rings. The van der Waals surface area contributed by atoms with Gasteiger partial charge in [0.05, 0.1) is 19.8 Å². The second-order valence-electron chi connectivity index (χ2n) is 3.95. The number of ether oxygens (including phenoxy) is 2. The molecule has 0 aliphatic heterocycles. The molecule has 5 heteroatoms. The van der Waals surface area contributed by atoms with E-state index in [1.807, 2.05) is 25.1 Å². The number of nitriles is 1. The Balaban J connectivity index is 2.66. The topological polar surface area (TPSA) is 71.3 Å². The number of hydrogen-bond donors (Lipinski definition) is 1. The second kappa shape index (κ2) is 7.98. The first-order valence-corrected chi connectivity index (χ1v) is 6.14. The number of rotatable bonds is 7. The van der Waals surface area contributed by atoms with E-state index < -0.39 is 0 Å².